The number of thiophene rings is 1. The van der Waals surface area contributed by atoms with E-state index in [1.54, 1.807) is 24.3 Å². The van der Waals surface area contributed by atoms with Gasteiger partial charge in [-0.3, -0.25) is 4.79 Å². The number of carbonyl (C=O) groups excluding carboxylic acids is 2. The van der Waals surface area contributed by atoms with Gasteiger partial charge in [0.1, 0.15) is 16.5 Å². The highest BCUT2D eigenvalue weighted by Gasteiger charge is 2.30. The predicted octanol–water partition coefficient (Wildman–Crippen LogP) is 3.27. The molecule has 1 aromatic carbocycles. The van der Waals surface area contributed by atoms with Gasteiger partial charge in [0.2, 0.25) is 15.7 Å². The molecule has 0 aliphatic heterocycles. The van der Waals surface area contributed by atoms with E-state index in [2.05, 4.69) is 15.5 Å². The second-order valence-electron chi connectivity index (χ2n) is 7.64. The lowest BCUT2D eigenvalue weighted by Gasteiger charge is -2.07. The average Bonchev–Trinajstić information content (AvgIpc) is 3.38. The van der Waals surface area contributed by atoms with Crippen LogP contribution >= 0.6 is 11.3 Å². The summed E-state index contributed by atoms with van der Waals surface area (Å²) >= 11 is 1.28. The maximum Gasteiger partial charge on any atom is 0.341 e. The fourth-order valence-electron chi connectivity index (χ4n) is 3.81. The van der Waals surface area contributed by atoms with Crippen LogP contribution in [0, 0.1) is 0 Å². The Morgan fingerprint density at radius 2 is 1.88 bits per heavy atom. The van der Waals surface area contributed by atoms with Crippen LogP contribution in [0.5, 0.6) is 5.75 Å². The van der Waals surface area contributed by atoms with Crippen LogP contribution in [0.15, 0.2) is 33.9 Å². The van der Waals surface area contributed by atoms with E-state index < -0.39 is 32.7 Å². The number of carbonyl (C=O) groups is 2. The quantitative estimate of drug-likeness (QED) is 0.379. The first-order valence-electron chi connectivity index (χ1n) is 10.6. The Labute approximate surface area is 200 Å². The molecule has 1 aliphatic rings. The van der Waals surface area contributed by atoms with Gasteiger partial charge in [-0.25, -0.2) is 13.2 Å². The molecule has 3 aromatic rings. The largest absolute Gasteiger partial charge is 0.496 e. The molecule has 10 nitrogen and oxygen atoms in total. The zero-order chi connectivity index (χ0) is 24.3. The van der Waals surface area contributed by atoms with Gasteiger partial charge in [0.05, 0.1) is 25.3 Å². The highest BCUT2D eigenvalue weighted by atomic mass is 32.2. The highest BCUT2D eigenvalue weighted by Crippen LogP contribution is 2.38. The summed E-state index contributed by atoms with van der Waals surface area (Å²) in [5, 5.41) is 9.58. The fourth-order valence-corrected chi connectivity index (χ4v) is 6.02. The number of ether oxygens (including phenoxy) is 2. The van der Waals surface area contributed by atoms with E-state index in [1.165, 1.54) is 25.6 Å². The summed E-state index contributed by atoms with van der Waals surface area (Å²) in [6, 6.07) is 6.77. The van der Waals surface area contributed by atoms with Crippen LogP contribution in [0.1, 0.15) is 40.1 Å². The number of methoxy groups -OCH3 is 2. The van der Waals surface area contributed by atoms with Crippen molar-refractivity contribution in [2.24, 2.45) is 0 Å². The zero-order valence-corrected chi connectivity index (χ0v) is 20.3. The molecule has 0 saturated carbocycles. The molecule has 2 heterocycles. The second kappa shape index (κ2) is 9.94. The SMILES string of the molecule is COC(=O)c1c(NC(=O)CS(=O)(=O)c2nnc(-c3ccccc3OC)o2)sc2c1CCCCC2. The van der Waals surface area contributed by atoms with Crippen LogP contribution in [0.4, 0.5) is 5.00 Å². The molecule has 2 aromatic heterocycles. The van der Waals surface area contributed by atoms with Crippen LogP contribution in [0.25, 0.3) is 11.5 Å². The number of sulfone groups is 1. The van der Waals surface area contributed by atoms with Gasteiger partial charge in [0, 0.05) is 4.88 Å². The maximum atomic E-state index is 12.8. The smallest absolute Gasteiger partial charge is 0.341 e. The van der Waals surface area contributed by atoms with Crippen molar-refractivity contribution < 1.29 is 31.9 Å². The van der Waals surface area contributed by atoms with Gasteiger partial charge >= 0.3 is 11.2 Å². The Bertz CT molecular complexity index is 1330. The van der Waals surface area contributed by atoms with Gasteiger partial charge in [-0.1, -0.05) is 23.7 Å². The third kappa shape index (κ3) is 4.82. The van der Waals surface area contributed by atoms with Crippen LogP contribution in [0.3, 0.4) is 0 Å². The molecule has 12 heteroatoms. The van der Waals surface area contributed by atoms with Crippen LogP contribution in [-0.4, -0.2) is 50.5 Å². The van der Waals surface area contributed by atoms with Gasteiger partial charge in [0.15, 0.2) is 0 Å². The molecular formula is C22H23N3O7S2. The molecular weight excluding hydrogens is 482 g/mol. The average molecular weight is 506 g/mol. The summed E-state index contributed by atoms with van der Waals surface area (Å²) in [4.78, 5) is 26.1. The molecule has 1 amide bonds. The van der Waals surface area contributed by atoms with Crippen molar-refractivity contribution >= 4 is 38.1 Å². The summed E-state index contributed by atoms with van der Waals surface area (Å²) in [6.07, 6.45) is 4.48. The molecule has 34 heavy (non-hydrogen) atoms. The maximum absolute atomic E-state index is 12.8. The normalized spacial score (nSPS) is 13.6. The fraction of sp³-hybridized carbons (Fsp3) is 0.364. The molecule has 0 atom stereocenters. The Morgan fingerprint density at radius 3 is 2.65 bits per heavy atom. The predicted molar refractivity (Wildman–Crippen MR) is 124 cm³/mol. The summed E-state index contributed by atoms with van der Waals surface area (Å²) in [6.45, 7) is 0. The van der Waals surface area contributed by atoms with Crippen molar-refractivity contribution in [1.29, 1.82) is 0 Å². The van der Waals surface area contributed by atoms with Crippen molar-refractivity contribution in [2.45, 2.75) is 37.3 Å². The first-order chi connectivity index (χ1) is 16.3. The number of amides is 1. The number of esters is 1. The van der Waals surface area contributed by atoms with E-state index in [1.807, 2.05) is 0 Å². The third-order valence-electron chi connectivity index (χ3n) is 5.39. The number of hydrogen-bond acceptors (Lipinski definition) is 10. The number of rotatable bonds is 7. The lowest BCUT2D eigenvalue weighted by atomic mass is 10.1. The van der Waals surface area contributed by atoms with Crippen molar-refractivity contribution in [3.8, 4) is 17.2 Å². The summed E-state index contributed by atoms with van der Waals surface area (Å²) < 4.78 is 41.0. The summed E-state index contributed by atoms with van der Waals surface area (Å²) in [5.74, 6) is -1.93. The number of fused-ring (bicyclic) bond motifs is 1. The highest BCUT2D eigenvalue weighted by molar-refractivity contribution is 7.91. The van der Waals surface area contributed by atoms with E-state index in [4.69, 9.17) is 13.9 Å². The molecule has 0 unspecified atom stereocenters. The van der Waals surface area contributed by atoms with Gasteiger partial charge in [-0.2, -0.15) is 0 Å². The zero-order valence-electron chi connectivity index (χ0n) is 18.6. The minimum Gasteiger partial charge on any atom is -0.496 e. The van der Waals surface area contributed by atoms with Crippen LogP contribution < -0.4 is 10.1 Å². The molecule has 1 N–H and O–H groups in total. The number of aromatic nitrogens is 2. The minimum absolute atomic E-state index is 0.0496. The topological polar surface area (TPSA) is 138 Å². The summed E-state index contributed by atoms with van der Waals surface area (Å²) in [7, 11) is -1.50. The van der Waals surface area contributed by atoms with Crippen molar-refractivity contribution in [3.05, 3.63) is 40.3 Å². The molecule has 1 aliphatic carbocycles. The Kier molecular flexibility index (Phi) is 6.98. The Hall–Kier alpha value is -3.25. The lowest BCUT2D eigenvalue weighted by molar-refractivity contribution is -0.113. The molecule has 4 rings (SSSR count). The first kappa shape index (κ1) is 23.9. The monoisotopic (exact) mass is 505 g/mol. The van der Waals surface area contributed by atoms with Crippen molar-refractivity contribution in [3.63, 3.8) is 0 Å². The molecule has 0 fully saturated rings. The second-order valence-corrected chi connectivity index (χ2v) is 10.6. The number of nitrogens with one attached hydrogen (secondary N) is 1. The van der Waals surface area contributed by atoms with Gasteiger partial charge < -0.3 is 19.2 Å². The number of para-hydroxylation sites is 1. The Morgan fingerprint density at radius 1 is 1.12 bits per heavy atom. The number of aryl methyl sites for hydroxylation is 1. The number of benzene rings is 1. The molecule has 180 valence electrons. The van der Waals surface area contributed by atoms with E-state index >= 15 is 0 Å². The Balaban J connectivity index is 1.55. The molecule has 0 spiro atoms. The van der Waals surface area contributed by atoms with Crippen LogP contribution in [-0.2, 0) is 32.2 Å². The summed E-state index contributed by atoms with van der Waals surface area (Å²) in [5.41, 5.74) is 1.59. The first-order valence-corrected chi connectivity index (χ1v) is 13.0. The van der Waals surface area contributed by atoms with Crippen LogP contribution in [0.2, 0.25) is 0 Å². The number of anilines is 1. The van der Waals surface area contributed by atoms with E-state index in [0.29, 0.717) is 28.3 Å². The molecule has 0 radical (unpaired) electrons. The molecule has 0 bridgehead atoms. The van der Waals surface area contributed by atoms with E-state index in [-0.39, 0.29) is 5.89 Å². The lowest BCUT2D eigenvalue weighted by Crippen LogP contribution is -2.24. The van der Waals surface area contributed by atoms with E-state index in [9.17, 15) is 18.0 Å². The van der Waals surface area contributed by atoms with E-state index in [0.717, 1.165) is 36.1 Å². The minimum atomic E-state index is -4.24. The van der Waals surface area contributed by atoms with Gasteiger partial charge in [-0.05, 0) is 43.4 Å². The van der Waals surface area contributed by atoms with Gasteiger partial charge in [0.25, 0.3) is 5.89 Å². The van der Waals surface area contributed by atoms with Crippen molar-refractivity contribution in [1.82, 2.24) is 10.2 Å². The standard InChI is InChI=1S/C22H23N3O7S2/c1-30-15-10-7-6-8-13(15)19-24-25-22(32-19)34(28,29)12-17(26)23-20-18(21(27)31-2)14-9-4-3-5-11-16(14)33-20/h6-8,10H,3-5,9,11-12H2,1-2H3,(H,23,26). The molecule has 0 saturated heterocycles. The van der Waals surface area contributed by atoms with Gasteiger partial charge in [-0.15, -0.1) is 16.4 Å². The number of hydrogen-bond donors (Lipinski definition) is 1. The van der Waals surface area contributed by atoms with Crippen molar-refractivity contribution in [2.75, 3.05) is 25.3 Å². The number of nitrogens with zero attached hydrogens (tertiary/aromatic N) is 2. The third-order valence-corrected chi connectivity index (χ3v) is 7.94.